The van der Waals surface area contributed by atoms with Crippen molar-refractivity contribution in [2.75, 3.05) is 6.61 Å². The van der Waals surface area contributed by atoms with Crippen LogP contribution in [0.15, 0.2) is 29.0 Å². The number of aliphatic hydroxyl groups is 1. The van der Waals surface area contributed by atoms with E-state index in [2.05, 4.69) is 27.9 Å². The molecule has 0 bridgehead atoms. The fourth-order valence-electron chi connectivity index (χ4n) is 1.33. The fraction of sp³-hybridized carbons (Fsp3) is 0.286. The second-order valence-corrected chi connectivity index (χ2v) is 5.85. The fourth-order valence-corrected chi connectivity index (χ4v) is 2.99. The van der Waals surface area contributed by atoms with Crippen LogP contribution in [0.5, 0.6) is 0 Å². The number of nitrogens with zero attached hydrogens (tertiary/aromatic N) is 2. The predicted octanol–water partition coefficient (Wildman–Crippen LogP) is 2.87. The molecule has 0 unspecified atom stereocenters. The molecule has 19 heavy (non-hydrogen) atoms. The average molecular weight is 290 g/mol. The maximum Gasteiger partial charge on any atom is 0.187 e. The normalized spacial score (nSPS) is 10.0. The molecule has 0 saturated heterocycles. The lowest BCUT2D eigenvalue weighted by Gasteiger charge is -1.97. The Morgan fingerprint density at radius 1 is 1.37 bits per heavy atom. The molecule has 0 spiro atoms. The number of hydrogen-bond donors (Lipinski definition) is 1. The summed E-state index contributed by atoms with van der Waals surface area (Å²) in [6.45, 7) is 2.09. The van der Waals surface area contributed by atoms with Crippen LogP contribution in [0.3, 0.4) is 0 Å². The van der Waals surface area contributed by atoms with E-state index in [0.717, 1.165) is 22.0 Å². The third-order valence-electron chi connectivity index (χ3n) is 2.22. The monoisotopic (exact) mass is 290 g/mol. The lowest BCUT2D eigenvalue weighted by Crippen LogP contribution is -1.86. The SMILES string of the molecule is Cc1cnc(SCc2cc(C#CCCO)cs2)nc1. The molecule has 0 aliphatic heterocycles. The van der Waals surface area contributed by atoms with Crippen molar-refractivity contribution in [2.45, 2.75) is 24.3 Å². The van der Waals surface area contributed by atoms with Crippen LogP contribution < -0.4 is 0 Å². The molecule has 0 aliphatic carbocycles. The highest BCUT2D eigenvalue weighted by Crippen LogP contribution is 2.23. The molecule has 2 aromatic rings. The van der Waals surface area contributed by atoms with Gasteiger partial charge in [-0.3, -0.25) is 0 Å². The van der Waals surface area contributed by atoms with Gasteiger partial charge in [-0.05, 0) is 18.6 Å². The summed E-state index contributed by atoms with van der Waals surface area (Å²) in [5.74, 6) is 6.81. The maximum atomic E-state index is 8.66. The van der Waals surface area contributed by atoms with E-state index < -0.39 is 0 Å². The standard InChI is InChI=1S/C14H14N2OS2/c1-11-7-15-14(16-8-11)19-10-13-6-12(9-18-13)4-2-3-5-17/h6-9,17H,3,5,10H2,1H3. The van der Waals surface area contributed by atoms with Gasteiger partial charge in [-0.15, -0.1) is 11.3 Å². The summed E-state index contributed by atoms with van der Waals surface area (Å²) >= 11 is 3.31. The van der Waals surface area contributed by atoms with Gasteiger partial charge in [-0.2, -0.15) is 0 Å². The molecule has 0 radical (unpaired) electrons. The zero-order valence-electron chi connectivity index (χ0n) is 10.6. The number of thioether (sulfide) groups is 1. The highest BCUT2D eigenvalue weighted by Gasteiger charge is 2.01. The molecule has 98 valence electrons. The van der Waals surface area contributed by atoms with Crippen molar-refractivity contribution in [3.05, 3.63) is 39.8 Å². The Kier molecular flexibility index (Phi) is 5.40. The van der Waals surface area contributed by atoms with Crippen LogP contribution in [-0.4, -0.2) is 21.7 Å². The first-order valence-corrected chi connectivity index (χ1v) is 7.73. The Hall–Kier alpha value is -1.35. The second-order valence-electron chi connectivity index (χ2n) is 3.91. The Morgan fingerprint density at radius 2 is 2.16 bits per heavy atom. The smallest absolute Gasteiger partial charge is 0.187 e. The third-order valence-corrected chi connectivity index (χ3v) is 4.27. The van der Waals surface area contributed by atoms with Gasteiger partial charge >= 0.3 is 0 Å². The molecular formula is C14H14N2OS2. The van der Waals surface area contributed by atoms with Gasteiger partial charge in [0.2, 0.25) is 0 Å². The van der Waals surface area contributed by atoms with E-state index in [1.807, 2.05) is 24.7 Å². The van der Waals surface area contributed by atoms with Crippen LogP contribution in [0.4, 0.5) is 0 Å². The molecule has 0 aromatic carbocycles. The maximum absolute atomic E-state index is 8.66. The van der Waals surface area contributed by atoms with Crippen molar-refractivity contribution in [3.8, 4) is 11.8 Å². The topological polar surface area (TPSA) is 46.0 Å². The molecule has 2 aromatic heterocycles. The Bertz CT molecular complexity index is 581. The van der Waals surface area contributed by atoms with E-state index in [1.165, 1.54) is 4.88 Å². The Morgan fingerprint density at radius 3 is 2.89 bits per heavy atom. The summed E-state index contributed by atoms with van der Waals surface area (Å²) in [4.78, 5) is 9.78. The molecule has 0 saturated carbocycles. The van der Waals surface area contributed by atoms with Gasteiger partial charge in [-0.1, -0.05) is 23.6 Å². The second kappa shape index (κ2) is 7.29. The van der Waals surface area contributed by atoms with Crippen molar-refractivity contribution in [3.63, 3.8) is 0 Å². The van der Waals surface area contributed by atoms with E-state index in [1.54, 1.807) is 23.1 Å². The summed E-state index contributed by atoms with van der Waals surface area (Å²) in [5, 5.41) is 11.5. The highest BCUT2D eigenvalue weighted by molar-refractivity contribution is 7.98. The van der Waals surface area contributed by atoms with E-state index in [9.17, 15) is 0 Å². The average Bonchev–Trinajstić information content (AvgIpc) is 2.86. The molecule has 2 heterocycles. The lowest BCUT2D eigenvalue weighted by atomic mass is 10.3. The van der Waals surface area contributed by atoms with E-state index in [-0.39, 0.29) is 6.61 Å². The number of aromatic nitrogens is 2. The number of thiophene rings is 1. The number of aryl methyl sites for hydroxylation is 1. The molecule has 5 heteroatoms. The first kappa shape index (κ1) is 14.1. The predicted molar refractivity (Wildman–Crippen MR) is 79.2 cm³/mol. The minimum Gasteiger partial charge on any atom is -0.395 e. The molecule has 3 nitrogen and oxygen atoms in total. The van der Waals surface area contributed by atoms with Crippen molar-refractivity contribution < 1.29 is 5.11 Å². The van der Waals surface area contributed by atoms with Crippen LogP contribution in [0, 0.1) is 18.8 Å². The lowest BCUT2D eigenvalue weighted by molar-refractivity contribution is 0.305. The molecular weight excluding hydrogens is 276 g/mol. The Labute approximate surface area is 121 Å². The van der Waals surface area contributed by atoms with Gasteiger partial charge in [-0.25, -0.2) is 9.97 Å². The minimum atomic E-state index is 0.116. The van der Waals surface area contributed by atoms with E-state index >= 15 is 0 Å². The van der Waals surface area contributed by atoms with Crippen LogP contribution >= 0.6 is 23.1 Å². The van der Waals surface area contributed by atoms with Gasteiger partial charge in [0, 0.05) is 40.4 Å². The van der Waals surface area contributed by atoms with Crippen LogP contribution in [0.2, 0.25) is 0 Å². The minimum absolute atomic E-state index is 0.116. The molecule has 1 N–H and O–H groups in total. The van der Waals surface area contributed by atoms with Crippen LogP contribution in [0.25, 0.3) is 0 Å². The van der Waals surface area contributed by atoms with Gasteiger partial charge in [0.15, 0.2) is 5.16 Å². The molecule has 0 atom stereocenters. The molecule has 0 amide bonds. The quantitative estimate of drug-likeness (QED) is 0.534. The summed E-state index contributed by atoms with van der Waals surface area (Å²) < 4.78 is 0. The zero-order valence-corrected chi connectivity index (χ0v) is 12.2. The van der Waals surface area contributed by atoms with Crippen LogP contribution in [0.1, 0.15) is 22.4 Å². The molecule has 0 fully saturated rings. The van der Waals surface area contributed by atoms with Crippen molar-refractivity contribution in [2.24, 2.45) is 0 Å². The van der Waals surface area contributed by atoms with Crippen molar-refractivity contribution >= 4 is 23.1 Å². The molecule has 2 rings (SSSR count). The number of rotatable bonds is 4. The number of hydrogen-bond acceptors (Lipinski definition) is 5. The van der Waals surface area contributed by atoms with Gasteiger partial charge < -0.3 is 5.11 Å². The van der Waals surface area contributed by atoms with E-state index in [0.29, 0.717) is 6.42 Å². The van der Waals surface area contributed by atoms with Crippen molar-refractivity contribution in [1.82, 2.24) is 9.97 Å². The van der Waals surface area contributed by atoms with Crippen molar-refractivity contribution in [1.29, 1.82) is 0 Å². The summed E-state index contributed by atoms with van der Waals surface area (Å²) in [5.41, 5.74) is 2.08. The molecule has 0 aliphatic rings. The van der Waals surface area contributed by atoms with Gasteiger partial charge in [0.05, 0.1) is 6.61 Å². The zero-order chi connectivity index (χ0) is 13.5. The summed E-state index contributed by atoms with van der Waals surface area (Å²) in [7, 11) is 0. The first-order valence-electron chi connectivity index (χ1n) is 5.86. The Balaban J connectivity index is 1.90. The third kappa shape index (κ3) is 4.67. The van der Waals surface area contributed by atoms with Gasteiger partial charge in [0.1, 0.15) is 0 Å². The van der Waals surface area contributed by atoms with Gasteiger partial charge in [0.25, 0.3) is 0 Å². The summed E-state index contributed by atoms with van der Waals surface area (Å²) in [6.07, 6.45) is 4.18. The van der Waals surface area contributed by atoms with E-state index in [4.69, 9.17) is 5.11 Å². The largest absolute Gasteiger partial charge is 0.395 e. The number of aliphatic hydroxyl groups excluding tert-OH is 1. The first-order chi connectivity index (χ1) is 9.28. The van der Waals surface area contributed by atoms with Crippen LogP contribution in [-0.2, 0) is 5.75 Å². The highest BCUT2D eigenvalue weighted by atomic mass is 32.2. The summed E-state index contributed by atoms with van der Waals surface area (Å²) in [6, 6.07) is 2.08.